The SMILES string of the molecule is Cc1c[nH]c(=O)[nH]c1=O.N[C@@H](CCO)C(=O)O. The van der Waals surface area contributed by atoms with Gasteiger partial charge in [0.1, 0.15) is 6.04 Å². The molecule has 1 rings (SSSR count). The van der Waals surface area contributed by atoms with Crippen LogP contribution in [0.25, 0.3) is 0 Å². The number of carbonyl (C=O) groups is 1. The van der Waals surface area contributed by atoms with Crippen molar-refractivity contribution in [2.45, 2.75) is 19.4 Å². The smallest absolute Gasteiger partial charge is 0.325 e. The molecule has 17 heavy (non-hydrogen) atoms. The van der Waals surface area contributed by atoms with Gasteiger partial charge < -0.3 is 20.9 Å². The summed E-state index contributed by atoms with van der Waals surface area (Å²) in [6.45, 7) is 1.45. The number of nitrogens with two attached hydrogens (primary N) is 1. The van der Waals surface area contributed by atoms with Crippen LogP contribution in [0, 0.1) is 6.92 Å². The van der Waals surface area contributed by atoms with Crippen LogP contribution < -0.4 is 17.0 Å². The van der Waals surface area contributed by atoms with E-state index in [9.17, 15) is 14.4 Å². The first-order valence-electron chi connectivity index (χ1n) is 4.76. The number of aromatic nitrogens is 2. The van der Waals surface area contributed by atoms with Crippen molar-refractivity contribution in [1.82, 2.24) is 9.97 Å². The molecule has 1 heterocycles. The second-order valence-corrected chi connectivity index (χ2v) is 3.21. The van der Waals surface area contributed by atoms with Gasteiger partial charge in [-0.2, -0.15) is 0 Å². The molecule has 1 aromatic heterocycles. The van der Waals surface area contributed by atoms with Gasteiger partial charge in [0.2, 0.25) is 0 Å². The molecule has 6 N–H and O–H groups in total. The summed E-state index contributed by atoms with van der Waals surface area (Å²) in [5, 5.41) is 16.2. The molecule has 1 aromatic rings. The van der Waals surface area contributed by atoms with Crippen molar-refractivity contribution in [2.24, 2.45) is 5.73 Å². The minimum atomic E-state index is -1.07. The van der Waals surface area contributed by atoms with Gasteiger partial charge in [-0.05, 0) is 13.3 Å². The molecule has 0 spiro atoms. The third kappa shape index (κ3) is 6.28. The first-order valence-corrected chi connectivity index (χ1v) is 4.76. The Balaban J connectivity index is 0.000000304. The van der Waals surface area contributed by atoms with Gasteiger partial charge in [-0.15, -0.1) is 0 Å². The molecule has 0 fully saturated rings. The molecular formula is C9H15N3O5. The Hall–Kier alpha value is -1.93. The molecule has 0 saturated heterocycles. The molecule has 96 valence electrons. The van der Waals surface area contributed by atoms with Crippen molar-refractivity contribution >= 4 is 5.97 Å². The van der Waals surface area contributed by atoms with Crippen LogP contribution in [-0.2, 0) is 4.79 Å². The van der Waals surface area contributed by atoms with Crippen LogP contribution in [0.2, 0.25) is 0 Å². The lowest BCUT2D eigenvalue weighted by atomic mass is 10.2. The fourth-order valence-corrected chi connectivity index (χ4v) is 0.740. The number of aliphatic carboxylic acids is 1. The number of aryl methyl sites for hydroxylation is 1. The molecule has 0 unspecified atom stereocenters. The summed E-state index contributed by atoms with van der Waals surface area (Å²) in [7, 11) is 0. The van der Waals surface area contributed by atoms with E-state index in [1.165, 1.54) is 6.20 Å². The van der Waals surface area contributed by atoms with Crippen molar-refractivity contribution in [3.8, 4) is 0 Å². The van der Waals surface area contributed by atoms with Gasteiger partial charge in [0.05, 0.1) is 0 Å². The van der Waals surface area contributed by atoms with Crippen LogP contribution in [0.5, 0.6) is 0 Å². The quantitative estimate of drug-likeness (QED) is 0.422. The van der Waals surface area contributed by atoms with Crippen LogP contribution in [-0.4, -0.2) is 38.8 Å². The Bertz CT molecular complexity index is 464. The minimum Gasteiger partial charge on any atom is -0.480 e. The van der Waals surface area contributed by atoms with Gasteiger partial charge in [0, 0.05) is 18.4 Å². The molecule has 8 heteroatoms. The van der Waals surface area contributed by atoms with E-state index in [1.54, 1.807) is 6.92 Å². The largest absolute Gasteiger partial charge is 0.480 e. The Labute approximate surface area is 96.1 Å². The Kier molecular flexibility index (Phi) is 6.53. The molecule has 0 aliphatic rings. The highest BCUT2D eigenvalue weighted by atomic mass is 16.4. The van der Waals surface area contributed by atoms with Crippen molar-refractivity contribution < 1.29 is 15.0 Å². The third-order valence-electron chi connectivity index (χ3n) is 1.76. The predicted molar refractivity (Wildman–Crippen MR) is 59.7 cm³/mol. The number of carboxylic acids is 1. The van der Waals surface area contributed by atoms with Crippen molar-refractivity contribution in [3.05, 3.63) is 32.6 Å². The van der Waals surface area contributed by atoms with E-state index in [-0.39, 0.29) is 18.6 Å². The maximum absolute atomic E-state index is 10.6. The van der Waals surface area contributed by atoms with E-state index in [2.05, 4.69) is 9.97 Å². The van der Waals surface area contributed by atoms with E-state index in [1.807, 2.05) is 0 Å². The van der Waals surface area contributed by atoms with Gasteiger partial charge in [0.15, 0.2) is 0 Å². The van der Waals surface area contributed by atoms with Crippen LogP contribution in [0.15, 0.2) is 15.8 Å². The van der Waals surface area contributed by atoms with Crippen molar-refractivity contribution in [1.29, 1.82) is 0 Å². The second-order valence-electron chi connectivity index (χ2n) is 3.21. The molecule has 0 aliphatic carbocycles. The lowest BCUT2D eigenvalue weighted by Crippen LogP contribution is -2.30. The zero-order chi connectivity index (χ0) is 13.4. The van der Waals surface area contributed by atoms with E-state index >= 15 is 0 Å². The number of nitrogens with one attached hydrogen (secondary N) is 2. The number of carboxylic acid groups (broad SMARTS) is 1. The van der Waals surface area contributed by atoms with E-state index in [4.69, 9.17) is 15.9 Å². The highest BCUT2D eigenvalue weighted by molar-refractivity contribution is 5.72. The van der Waals surface area contributed by atoms with Crippen molar-refractivity contribution in [2.75, 3.05) is 6.61 Å². The zero-order valence-corrected chi connectivity index (χ0v) is 9.27. The van der Waals surface area contributed by atoms with Gasteiger partial charge >= 0.3 is 11.7 Å². The Morgan fingerprint density at radius 1 is 1.53 bits per heavy atom. The molecule has 0 saturated carbocycles. The third-order valence-corrected chi connectivity index (χ3v) is 1.76. The molecule has 0 aromatic carbocycles. The monoisotopic (exact) mass is 245 g/mol. The first-order chi connectivity index (χ1) is 7.88. The Morgan fingerprint density at radius 2 is 2.12 bits per heavy atom. The number of hydrogen-bond acceptors (Lipinski definition) is 5. The second kappa shape index (κ2) is 7.36. The maximum atomic E-state index is 10.6. The van der Waals surface area contributed by atoms with Crippen LogP contribution in [0.4, 0.5) is 0 Å². The summed E-state index contributed by atoms with van der Waals surface area (Å²) >= 11 is 0. The average Bonchev–Trinajstić information content (AvgIpc) is 2.25. The number of aliphatic hydroxyl groups excluding tert-OH is 1. The summed E-state index contributed by atoms with van der Waals surface area (Å²) < 4.78 is 0. The van der Waals surface area contributed by atoms with Crippen LogP contribution in [0.1, 0.15) is 12.0 Å². The normalized spacial score (nSPS) is 11.2. The highest BCUT2D eigenvalue weighted by Crippen LogP contribution is 1.83. The van der Waals surface area contributed by atoms with E-state index in [0.29, 0.717) is 5.56 Å². The van der Waals surface area contributed by atoms with Gasteiger partial charge in [0.25, 0.3) is 5.56 Å². The lowest BCUT2D eigenvalue weighted by Gasteiger charge is -2.00. The highest BCUT2D eigenvalue weighted by Gasteiger charge is 2.08. The minimum absolute atomic E-state index is 0.120. The zero-order valence-electron chi connectivity index (χ0n) is 9.27. The summed E-state index contributed by atoms with van der Waals surface area (Å²) in [5.41, 5.74) is 4.67. The van der Waals surface area contributed by atoms with Crippen LogP contribution in [0.3, 0.4) is 0 Å². The maximum Gasteiger partial charge on any atom is 0.325 e. The topological polar surface area (TPSA) is 149 Å². The predicted octanol–water partition coefficient (Wildman–Crippen LogP) is -1.85. The summed E-state index contributed by atoms with van der Waals surface area (Å²) in [5.74, 6) is -1.07. The van der Waals surface area contributed by atoms with Gasteiger partial charge in [-0.3, -0.25) is 14.6 Å². The number of rotatable bonds is 3. The molecule has 0 bridgehead atoms. The molecule has 0 aliphatic heterocycles. The van der Waals surface area contributed by atoms with E-state index in [0.717, 1.165) is 0 Å². The molecule has 0 radical (unpaired) electrons. The summed E-state index contributed by atoms with van der Waals surface area (Å²) in [6, 6.07) is -0.917. The fourth-order valence-electron chi connectivity index (χ4n) is 0.740. The number of aliphatic hydroxyl groups is 1. The number of H-pyrrole nitrogens is 2. The molecular weight excluding hydrogens is 230 g/mol. The lowest BCUT2D eigenvalue weighted by molar-refractivity contribution is -0.138. The van der Waals surface area contributed by atoms with Gasteiger partial charge in [-0.25, -0.2) is 4.79 Å². The number of aromatic amines is 2. The summed E-state index contributed by atoms with van der Waals surface area (Å²) in [4.78, 5) is 35.1. The van der Waals surface area contributed by atoms with Crippen molar-refractivity contribution in [3.63, 3.8) is 0 Å². The molecule has 1 atom stereocenters. The molecule has 8 nitrogen and oxygen atoms in total. The Morgan fingerprint density at radius 3 is 2.41 bits per heavy atom. The van der Waals surface area contributed by atoms with Gasteiger partial charge in [-0.1, -0.05) is 0 Å². The van der Waals surface area contributed by atoms with Crippen LogP contribution >= 0.6 is 0 Å². The molecule has 0 amide bonds. The standard InChI is InChI=1S/C5H6N2O2.C4H9NO3/c1-3-2-6-5(9)7-4(3)8;5-3(1-2-6)4(7)8/h2H,1H3,(H2,6,7,8,9);3,6H,1-2,5H2,(H,7,8)/t;3-/m.0/s1. The summed E-state index contributed by atoms with van der Waals surface area (Å²) in [6.07, 6.45) is 1.50. The fraction of sp³-hybridized carbons (Fsp3) is 0.444. The first kappa shape index (κ1) is 15.1. The number of hydrogen-bond donors (Lipinski definition) is 5. The average molecular weight is 245 g/mol. The van der Waals surface area contributed by atoms with E-state index < -0.39 is 17.7 Å².